The maximum atomic E-state index is 5.63. The fourth-order valence-corrected chi connectivity index (χ4v) is 4.67. The van der Waals surface area contributed by atoms with Gasteiger partial charge in [0.1, 0.15) is 6.04 Å². The van der Waals surface area contributed by atoms with Gasteiger partial charge in [0, 0.05) is 18.4 Å². The van der Waals surface area contributed by atoms with E-state index in [2.05, 4.69) is 38.2 Å². The molecule has 158 valence electrons. The molecule has 29 heavy (non-hydrogen) atoms. The Hall–Kier alpha value is -2.40. The minimum atomic E-state index is 0.344. The van der Waals surface area contributed by atoms with Gasteiger partial charge in [0.15, 0.2) is 23.0 Å². The van der Waals surface area contributed by atoms with Gasteiger partial charge in [-0.1, -0.05) is 13.0 Å². The summed E-state index contributed by atoms with van der Waals surface area (Å²) in [5, 5.41) is 0. The van der Waals surface area contributed by atoms with Gasteiger partial charge < -0.3 is 23.4 Å². The third-order valence-electron chi connectivity index (χ3n) is 6.26. The molecular weight excluding hydrogens is 366 g/mol. The van der Waals surface area contributed by atoms with E-state index >= 15 is 0 Å². The molecule has 0 saturated carbocycles. The zero-order chi connectivity index (χ0) is 21.0. The van der Waals surface area contributed by atoms with E-state index in [4.69, 9.17) is 18.9 Å². The van der Waals surface area contributed by atoms with Crippen molar-refractivity contribution in [1.82, 2.24) is 0 Å². The number of ether oxygens (including phenoxy) is 4. The van der Waals surface area contributed by atoms with Crippen molar-refractivity contribution < 1.29 is 23.4 Å². The molecule has 0 spiro atoms. The number of likely N-dealkylation sites (N-methyl/N-ethyl adjacent to an activating group) is 1. The summed E-state index contributed by atoms with van der Waals surface area (Å²) in [6.07, 6.45) is 3.13. The summed E-state index contributed by atoms with van der Waals surface area (Å²) in [6, 6.07) is 10.9. The van der Waals surface area contributed by atoms with Crippen molar-refractivity contribution >= 4 is 0 Å². The Labute approximate surface area is 174 Å². The van der Waals surface area contributed by atoms with Gasteiger partial charge in [0.2, 0.25) is 0 Å². The highest BCUT2D eigenvalue weighted by atomic mass is 16.5. The van der Waals surface area contributed by atoms with Crippen LogP contribution in [0.3, 0.4) is 0 Å². The first-order chi connectivity index (χ1) is 14.0. The van der Waals surface area contributed by atoms with E-state index in [0.717, 1.165) is 59.8 Å². The van der Waals surface area contributed by atoms with E-state index < -0.39 is 0 Å². The highest BCUT2D eigenvalue weighted by Gasteiger charge is 2.39. The molecule has 1 aliphatic rings. The van der Waals surface area contributed by atoms with Crippen LogP contribution in [0, 0.1) is 0 Å². The zero-order valence-electron chi connectivity index (χ0n) is 18.6. The summed E-state index contributed by atoms with van der Waals surface area (Å²) in [5.41, 5.74) is 3.97. The van der Waals surface area contributed by atoms with Crippen LogP contribution >= 0.6 is 0 Å². The Morgan fingerprint density at radius 1 is 0.862 bits per heavy atom. The second-order valence-electron chi connectivity index (χ2n) is 7.99. The summed E-state index contributed by atoms with van der Waals surface area (Å²) in [4.78, 5) is 0. The van der Waals surface area contributed by atoms with E-state index in [9.17, 15) is 0 Å². The lowest BCUT2D eigenvalue weighted by Gasteiger charge is -2.46. The first kappa shape index (κ1) is 21.3. The lowest BCUT2D eigenvalue weighted by molar-refractivity contribution is -0.941. The van der Waals surface area contributed by atoms with Gasteiger partial charge in [-0.05, 0) is 41.8 Å². The van der Waals surface area contributed by atoms with Crippen LogP contribution in [-0.4, -0.2) is 53.1 Å². The number of rotatable bonds is 8. The lowest BCUT2D eigenvalue weighted by atomic mass is 9.86. The number of benzene rings is 2. The minimum Gasteiger partial charge on any atom is -0.493 e. The summed E-state index contributed by atoms with van der Waals surface area (Å²) >= 11 is 0. The monoisotopic (exact) mass is 400 g/mol. The molecule has 0 amide bonds. The molecule has 0 saturated heterocycles. The van der Waals surface area contributed by atoms with Crippen LogP contribution in [0.4, 0.5) is 0 Å². The predicted octanol–water partition coefficient (Wildman–Crippen LogP) is 4.42. The van der Waals surface area contributed by atoms with Crippen molar-refractivity contribution in [3.8, 4) is 23.0 Å². The van der Waals surface area contributed by atoms with Crippen molar-refractivity contribution in [2.24, 2.45) is 0 Å². The minimum absolute atomic E-state index is 0.344. The van der Waals surface area contributed by atoms with Crippen LogP contribution in [-0.2, 0) is 12.8 Å². The molecule has 0 unspecified atom stereocenters. The number of methoxy groups -OCH3 is 4. The van der Waals surface area contributed by atoms with Gasteiger partial charge in [-0.15, -0.1) is 0 Å². The van der Waals surface area contributed by atoms with Gasteiger partial charge in [-0.2, -0.15) is 0 Å². The standard InChI is InChI=1S/C24H34NO4/c1-7-11-25(2)12-10-18-15-23(28-5)24(29-6)16-19(18)20(25)13-17-8-9-21(26-3)22(14-17)27-4/h8-9,14-16,20H,7,10-13H2,1-6H3/q+1/t20-,25-/m1/s1. The zero-order valence-corrected chi connectivity index (χ0v) is 18.6. The molecule has 1 aliphatic heterocycles. The average Bonchev–Trinajstić information content (AvgIpc) is 2.74. The van der Waals surface area contributed by atoms with Crippen LogP contribution in [0.2, 0.25) is 0 Å². The molecule has 1 heterocycles. The van der Waals surface area contributed by atoms with Crippen LogP contribution in [0.5, 0.6) is 23.0 Å². The van der Waals surface area contributed by atoms with Crippen LogP contribution in [0.15, 0.2) is 30.3 Å². The molecule has 5 heteroatoms. The van der Waals surface area contributed by atoms with Crippen molar-refractivity contribution in [1.29, 1.82) is 0 Å². The Morgan fingerprint density at radius 3 is 2.10 bits per heavy atom. The molecule has 2 aromatic rings. The van der Waals surface area contributed by atoms with Gasteiger partial charge in [0.05, 0.1) is 48.6 Å². The highest BCUT2D eigenvalue weighted by Crippen LogP contribution is 2.43. The molecule has 0 bridgehead atoms. The van der Waals surface area contributed by atoms with Crippen LogP contribution in [0.25, 0.3) is 0 Å². The first-order valence-corrected chi connectivity index (χ1v) is 10.3. The number of nitrogens with zero attached hydrogens (tertiary/aromatic N) is 1. The quantitative estimate of drug-likeness (QED) is 0.615. The number of hydrogen-bond acceptors (Lipinski definition) is 4. The summed E-state index contributed by atoms with van der Waals surface area (Å²) < 4.78 is 23.1. The van der Waals surface area contributed by atoms with Gasteiger partial charge in [-0.3, -0.25) is 0 Å². The summed E-state index contributed by atoms with van der Waals surface area (Å²) in [7, 11) is 9.15. The maximum Gasteiger partial charge on any atom is 0.161 e. The van der Waals surface area contributed by atoms with E-state index in [-0.39, 0.29) is 0 Å². The summed E-state index contributed by atoms with van der Waals surface area (Å²) in [5.74, 6) is 3.15. The van der Waals surface area contributed by atoms with E-state index in [1.807, 2.05) is 6.07 Å². The Balaban J connectivity index is 2.06. The second-order valence-corrected chi connectivity index (χ2v) is 7.99. The molecular formula is C24H34NO4+. The fourth-order valence-electron chi connectivity index (χ4n) is 4.67. The molecule has 0 radical (unpaired) electrons. The third kappa shape index (κ3) is 4.15. The molecule has 3 rings (SSSR count). The van der Waals surface area contributed by atoms with Crippen molar-refractivity contribution in [3.63, 3.8) is 0 Å². The van der Waals surface area contributed by atoms with E-state index in [1.54, 1.807) is 28.4 Å². The Kier molecular flexibility index (Phi) is 6.58. The number of quaternary nitrogens is 1. The van der Waals surface area contributed by atoms with Crippen LogP contribution in [0.1, 0.15) is 36.1 Å². The second kappa shape index (κ2) is 8.95. The van der Waals surface area contributed by atoms with Gasteiger partial charge in [-0.25, -0.2) is 0 Å². The van der Waals surface area contributed by atoms with E-state index in [0.29, 0.717) is 6.04 Å². The SMILES string of the molecule is CCC[N@+]1(C)CCc2cc(OC)c(OC)cc2[C@H]1Cc1ccc(OC)c(OC)c1. The number of fused-ring (bicyclic) bond motifs is 1. The maximum absolute atomic E-state index is 5.63. The molecule has 2 aromatic carbocycles. The first-order valence-electron chi connectivity index (χ1n) is 10.3. The number of hydrogen-bond donors (Lipinski definition) is 0. The molecule has 0 N–H and O–H groups in total. The smallest absolute Gasteiger partial charge is 0.161 e. The molecule has 0 aliphatic carbocycles. The van der Waals surface area contributed by atoms with Crippen LogP contribution < -0.4 is 18.9 Å². The van der Waals surface area contributed by atoms with Crippen molar-refractivity contribution in [2.45, 2.75) is 32.2 Å². The van der Waals surface area contributed by atoms with Gasteiger partial charge in [0.25, 0.3) is 0 Å². The van der Waals surface area contributed by atoms with Crippen molar-refractivity contribution in [2.75, 3.05) is 48.6 Å². The predicted molar refractivity (Wildman–Crippen MR) is 115 cm³/mol. The molecule has 5 nitrogen and oxygen atoms in total. The Bertz CT molecular complexity index is 851. The largest absolute Gasteiger partial charge is 0.493 e. The topological polar surface area (TPSA) is 36.9 Å². The van der Waals surface area contributed by atoms with Gasteiger partial charge >= 0.3 is 0 Å². The molecule has 0 aromatic heterocycles. The fraction of sp³-hybridized carbons (Fsp3) is 0.500. The highest BCUT2D eigenvalue weighted by molar-refractivity contribution is 5.50. The third-order valence-corrected chi connectivity index (χ3v) is 6.26. The normalized spacial score (nSPS) is 20.7. The molecule has 2 atom stereocenters. The summed E-state index contributed by atoms with van der Waals surface area (Å²) in [6.45, 7) is 4.53. The average molecular weight is 401 g/mol. The lowest BCUT2D eigenvalue weighted by Crippen LogP contribution is -2.52. The van der Waals surface area contributed by atoms with Crippen molar-refractivity contribution in [3.05, 3.63) is 47.0 Å². The Morgan fingerprint density at radius 2 is 1.48 bits per heavy atom. The van der Waals surface area contributed by atoms with E-state index in [1.165, 1.54) is 16.7 Å². The molecule has 0 fully saturated rings.